The van der Waals surface area contributed by atoms with Crippen LogP contribution in [0.5, 0.6) is 0 Å². The Hall–Kier alpha value is -1.33. The van der Waals surface area contributed by atoms with Gasteiger partial charge in [-0.3, -0.25) is 14.4 Å². The summed E-state index contributed by atoms with van der Waals surface area (Å²) in [5.74, 6) is -1.64. The smallest absolute Gasteiger partial charge is 0.199 e. The summed E-state index contributed by atoms with van der Waals surface area (Å²) >= 11 is 6.13. The third-order valence-corrected chi connectivity index (χ3v) is 8.59. The highest BCUT2D eigenvalue weighted by Gasteiger charge is 2.65. The molecule has 9 atom stereocenters. The number of carbonyl (C=O) groups is 3. The van der Waals surface area contributed by atoms with Crippen molar-refractivity contribution in [3.63, 3.8) is 0 Å². The highest BCUT2D eigenvalue weighted by Crippen LogP contribution is 2.67. The van der Waals surface area contributed by atoms with Gasteiger partial charge in [-0.05, 0) is 54.1 Å². The van der Waals surface area contributed by atoms with E-state index < -0.39 is 40.6 Å². The Morgan fingerprint density at radius 2 is 2.04 bits per heavy atom. The molecule has 3 saturated carbocycles. The van der Waals surface area contributed by atoms with Gasteiger partial charge in [-0.1, -0.05) is 38.4 Å². The number of halogens is 2. The lowest BCUT2D eigenvalue weighted by molar-refractivity contribution is -0.146. The second kappa shape index (κ2) is 6.33. The van der Waals surface area contributed by atoms with Crippen molar-refractivity contribution in [2.24, 2.45) is 40.4 Å². The zero-order chi connectivity index (χ0) is 20.6. The summed E-state index contributed by atoms with van der Waals surface area (Å²) < 4.78 is 15.3. The number of fused-ring (bicyclic) bond motifs is 5. The van der Waals surface area contributed by atoms with Crippen molar-refractivity contribution in [2.45, 2.75) is 52.3 Å². The maximum absolute atomic E-state index is 15.3. The van der Waals surface area contributed by atoms with Crippen LogP contribution in [0, 0.1) is 40.4 Å². The first-order chi connectivity index (χ1) is 13.0. The largest absolute Gasteiger partial charge is 0.393 e. The van der Waals surface area contributed by atoms with Crippen molar-refractivity contribution in [1.29, 1.82) is 0 Å². The molecule has 4 aliphatic carbocycles. The molecule has 6 heteroatoms. The fourth-order valence-electron chi connectivity index (χ4n) is 7.44. The molecule has 0 heterocycles. The third-order valence-electron chi connectivity index (χ3n) is 8.30. The van der Waals surface area contributed by atoms with Crippen molar-refractivity contribution < 1.29 is 23.9 Å². The maximum atomic E-state index is 15.3. The van der Waals surface area contributed by atoms with Gasteiger partial charge in [0.2, 0.25) is 0 Å². The first kappa shape index (κ1) is 20.0. The molecule has 0 bridgehead atoms. The minimum absolute atomic E-state index is 0.00789. The molecule has 0 aromatic carbocycles. The molecule has 4 rings (SSSR count). The van der Waals surface area contributed by atoms with Gasteiger partial charge in [0.1, 0.15) is 6.17 Å². The van der Waals surface area contributed by atoms with Gasteiger partial charge in [0, 0.05) is 17.3 Å². The maximum Gasteiger partial charge on any atom is 0.199 e. The average molecular weight is 409 g/mol. The average Bonchev–Trinajstić information content (AvgIpc) is 2.86. The number of rotatable bonds is 2. The summed E-state index contributed by atoms with van der Waals surface area (Å²) in [4.78, 5) is 35.7. The Labute approximate surface area is 169 Å². The molecule has 4 nitrogen and oxygen atoms in total. The number of alkyl halides is 1. The Kier molecular flexibility index (Phi) is 4.51. The van der Waals surface area contributed by atoms with Gasteiger partial charge >= 0.3 is 0 Å². The predicted molar refractivity (Wildman–Crippen MR) is 102 cm³/mol. The molecule has 3 fully saturated rings. The summed E-state index contributed by atoms with van der Waals surface area (Å²) in [6.07, 6.45) is 2.59. The highest BCUT2D eigenvalue weighted by atomic mass is 35.5. The molecule has 0 amide bonds. The van der Waals surface area contributed by atoms with Crippen molar-refractivity contribution in [1.82, 2.24) is 0 Å². The molecular weight excluding hydrogens is 383 g/mol. The molecule has 28 heavy (non-hydrogen) atoms. The van der Waals surface area contributed by atoms with Crippen LogP contribution in [0.3, 0.4) is 0 Å². The van der Waals surface area contributed by atoms with Crippen molar-refractivity contribution >= 4 is 29.5 Å². The van der Waals surface area contributed by atoms with E-state index in [9.17, 15) is 19.5 Å². The number of aldehydes is 1. The fraction of sp³-hybridized carbons (Fsp3) is 0.682. The number of hydrogen-bond donors (Lipinski definition) is 1. The number of ketones is 2. The van der Waals surface area contributed by atoms with E-state index in [0.717, 1.165) is 6.42 Å². The monoisotopic (exact) mass is 408 g/mol. The van der Waals surface area contributed by atoms with Crippen LogP contribution in [0.15, 0.2) is 22.8 Å². The van der Waals surface area contributed by atoms with Gasteiger partial charge in [0.15, 0.2) is 17.9 Å². The number of aliphatic hydroxyl groups excluding tert-OH is 1. The Morgan fingerprint density at radius 3 is 2.68 bits per heavy atom. The molecular formula is C22H26ClFO4. The zero-order valence-electron chi connectivity index (χ0n) is 16.3. The van der Waals surface area contributed by atoms with Crippen molar-refractivity contribution in [2.75, 3.05) is 0 Å². The molecule has 0 aromatic heterocycles. The molecule has 0 radical (unpaired) electrons. The summed E-state index contributed by atoms with van der Waals surface area (Å²) in [6, 6.07) is 0. The van der Waals surface area contributed by atoms with Crippen LogP contribution >= 0.6 is 11.6 Å². The standard InChI is InChI=1S/C22H26ClFO4/c1-10-4-12-11-5-15(24)13-6-16(26)14(23)7-21(13,2)20(11)17(27)8-22(12,3)19(10)18(28)9-25/h6-7,9-12,15,17,19-20,27H,4-5,8H2,1-3H3/t10-,11+,12+,15+,17+,19-,20-,21+,22+/m1/s1. The van der Waals surface area contributed by atoms with E-state index in [1.54, 1.807) is 6.08 Å². The zero-order valence-corrected chi connectivity index (χ0v) is 17.1. The van der Waals surface area contributed by atoms with Crippen LogP contribution in [-0.4, -0.2) is 35.2 Å². The van der Waals surface area contributed by atoms with Gasteiger partial charge in [0.05, 0.1) is 11.1 Å². The predicted octanol–water partition coefficient (Wildman–Crippen LogP) is 3.41. The molecule has 0 unspecified atom stereocenters. The van der Waals surface area contributed by atoms with Gasteiger partial charge in [0.25, 0.3) is 0 Å². The fourth-order valence-corrected chi connectivity index (χ4v) is 7.72. The SMILES string of the molecule is C[C@@H]1C[C@H]2[C@@H]3C[C@H](F)C4=CC(=O)C(Cl)=C[C@]4(C)[C@H]3[C@@H](O)C[C@]2(C)[C@H]1C(=O)C=O. The van der Waals surface area contributed by atoms with Crippen LogP contribution in [0.4, 0.5) is 4.39 Å². The topological polar surface area (TPSA) is 71.4 Å². The second-order valence-electron chi connectivity index (χ2n) is 9.73. The van der Waals surface area contributed by atoms with E-state index >= 15 is 4.39 Å². The van der Waals surface area contributed by atoms with Gasteiger partial charge in [-0.15, -0.1) is 0 Å². The molecule has 4 aliphatic rings. The van der Waals surface area contributed by atoms with E-state index in [0.29, 0.717) is 18.3 Å². The van der Waals surface area contributed by atoms with Crippen LogP contribution in [0.25, 0.3) is 0 Å². The first-order valence-corrected chi connectivity index (χ1v) is 10.4. The number of Topliss-reactive ketones (excluding diaryl/α,β-unsaturated/α-hetero) is 1. The van der Waals surface area contributed by atoms with E-state index in [4.69, 9.17) is 11.6 Å². The number of hydrogen-bond acceptors (Lipinski definition) is 4. The summed E-state index contributed by atoms with van der Waals surface area (Å²) in [6.45, 7) is 5.80. The molecule has 0 aromatic rings. The van der Waals surface area contributed by atoms with E-state index in [1.165, 1.54) is 6.08 Å². The molecule has 0 saturated heterocycles. The van der Waals surface area contributed by atoms with E-state index in [1.807, 2.05) is 20.8 Å². The normalized spacial score (nSPS) is 50.1. The summed E-state index contributed by atoms with van der Waals surface area (Å²) in [7, 11) is 0. The van der Waals surface area contributed by atoms with Gasteiger partial charge < -0.3 is 5.11 Å². The summed E-state index contributed by atoms with van der Waals surface area (Å²) in [5, 5.41) is 11.3. The van der Waals surface area contributed by atoms with Crippen LogP contribution < -0.4 is 0 Å². The Morgan fingerprint density at radius 1 is 1.36 bits per heavy atom. The van der Waals surface area contributed by atoms with Gasteiger partial charge in [-0.25, -0.2) is 4.39 Å². The quantitative estimate of drug-likeness (QED) is 0.561. The Bertz CT molecular complexity index is 819. The molecule has 0 spiro atoms. The Balaban J connectivity index is 1.80. The summed E-state index contributed by atoms with van der Waals surface area (Å²) in [5.41, 5.74) is -0.963. The van der Waals surface area contributed by atoms with Gasteiger partial charge in [-0.2, -0.15) is 0 Å². The van der Waals surface area contributed by atoms with Crippen molar-refractivity contribution in [3.8, 4) is 0 Å². The molecule has 1 N–H and O–H groups in total. The first-order valence-electron chi connectivity index (χ1n) is 10.0. The molecule has 152 valence electrons. The van der Waals surface area contributed by atoms with Crippen molar-refractivity contribution in [3.05, 3.63) is 22.8 Å². The van der Waals surface area contributed by atoms with E-state index in [2.05, 4.69) is 0 Å². The lowest BCUT2D eigenvalue weighted by atomic mass is 9.46. The number of carbonyl (C=O) groups excluding carboxylic acids is 3. The van der Waals surface area contributed by atoms with E-state index in [-0.39, 0.29) is 35.1 Å². The second-order valence-corrected chi connectivity index (χ2v) is 10.1. The van der Waals surface area contributed by atoms with Crippen LogP contribution in [0.1, 0.15) is 40.0 Å². The minimum atomic E-state index is -1.29. The lowest BCUT2D eigenvalue weighted by Crippen LogP contribution is -2.58. The minimum Gasteiger partial charge on any atom is -0.393 e. The van der Waals surface area contributed by atoms with Crippen LogP contribution in [-0.2, 0) is 14.4 Å². The highest BCUT2D eigenvalue weighted by molar-refractivity contribution is 6.44. The number of allylic oxidation sites excluding steroid dienone is 4. The number of aliphatic hydroxyl groups is 1. The lowest BCUT2D eigenvalue weighted by Gasteiger charge is -2.59. The third kappa shape index (κ3) is 2.48. The molecule has 0 aliphatic heterocycles. The van der Waals surface area contributed by atoms with Crippen LogP contribution in [0.2, 0.25) is 0 Å².